The first kappa shape index (κ1) is 17.4. The number of morpholine rings is 1. The Labute approximate surface area is 143 Å². The molecule has 0 spiro atoms. The molecule has 2 aliphatic rings. The lowest BCUT2D eigenvalue weighted by Gasteiger charge is -2.31. The molecule has 1 aromatic carbocycles. The van der Waals surface area contributed by atoms with Crippen molar-refractivity contribution in [3.63, 3.8) is 0 Å². The van der Waals surface area contributed by atoms with Crippen molar-refractivity contribution in [1.82, 2.24) is 9.21 Å². The van der Waals surface area contributed by atoms with Crippen LogP contribution in [0.4, 0.5) is 0 Å². The van der Waals surface area contributed by atoms with E-state index < -0.39 is 10.0 Å². The smallest absolute Gasteiger partial charge is 0.253 e. The molecule has 1 aromatic rings. The summed E-state index contributed by atoms with van der Waals surface area (Å²) in [6.45, 7) is 5.27. The topological polar surface area (TPSA) is 66.9 Å². The highest BCUT2D eigenvalue weighted by atomic mass is 32.2. The standard InChI is InChI=1S/C17H24N2O4S/c1-14-3-2-8-18(13-14)17(20)15-4-6-16(7-5-15)24(21,22)19-9-11-23-12-10-19/h4-7,14H,2-3,8-13H2,1H3. The zero-order chi connectivity index (χ0) is 17.2. The highest BCUT2D eigenvalue weighted by molar-refractivity contribution is 7.89. The summed E-state index contributed by atoms with van der Waals surface area (Å²) in [6, 6.07) is 6.31. The number of carbonyl (C=O) groups excluding carboxylic acids is 1. The van der Waals surface area contributed by atoms with Gasteiger partial charge in [-0.15, -0.1) is 0 Å². The summed E-state index contributed by atoms with van der Waals surface area (Å²) >= 11 is 0. The van der Waals surface area contributed by atoms with Crippen molar-refractivity contribution in [3.8, 4) is 0 Å². The maximum absolute atomic E-state index is 12.6. The van der Waals surface area contributed by atoms with Crippen molar-refractivity contribution >= 4 is 15.9 Å². The fourth-order valence-corrected chi connectivity index (χ4v) is 4.67. The lowest BCUT2D eigenvalue weighted by Crippen LogP contribution is -2.40. The molecule has 132 valence electrons. The van der Waals surface area contributed by atoms with Crippen LogP contribution in [0.15, 0.2) is 29.2 Å². The minimum atomic E-state index is -3.51. The largest absolute Gasteiger partial charge is 0.379 e. The fraction of sp³-hybridized carbons (Fsp3) is 0.588. The van der Waals surface area contributed by atoms with Gasteiger partial charge in [0.25, 0.3) is 5.91 Å². The van der Waals surface area contributed by atoms with Crippen molar-refractivity contribution in [3.05, 3.63) is 29.8 Å². The molecule has 0 radical (unpaired) electrons. The van der Waals surface area contributed by atoms with Crippen LogP contribution in [0.5, 0.6) is 0 Å². The molecule has 0 aromatic heterocycles. The van der Waals surface area contributed by atoms with Gasteiger partial charge in [0, 0.05) is 31.7 Å². The van der Waals surface area contributed by atoms with E-state index in [2.05, 4.69) is 6.92 Å². The Bertz CT molecular complexity index is 681. The molecule has 0 bridgehead atoms. The third-order valence-electron chi connectivity index (χ3n) is 4.65. The number of carbonyl (C=O) groups is 1. The van der Waals surface area contributed by atoms with E-state index in [0.29, 0.717) is 37.8 Å². The van der Waals surface area contributed by atoms with Gasteiger partial charge in [-0.1, -0.05) is 6.92 Å². The molecular weight excluding hydrogens is 328 g/mol. The van der Waals surface area contributed by atoms with Gasteiger partial charge >= 0.3 is 0 Å². The van der Waals surface area contributed by atoms with E-state index in [9.17, 15) is 13.2 Å². The van der Waals surface area contributed by atoms with E-state index in [1.54, 1.807) is 12.1 Å². The average Bonchev–Trinajstić information content (AvgIpc) is 2.62. The van der Waals surface area contributed by atoms with Crippen LogP contribution in [0.25, 0.3) is 0 Å². The molecule has 2 saturated heterocycles. The Balaban J connectivity index is 1.74. The number of benzene rings is 1. The zero-order valence-corrected chi connectivity index (χ0v) is 14.8. The van der Waals surface area contributed by atoms with Crippen LogP contribution in [-0.4, -0.2) is 62.9 Å². The van der Waals surface area contributed by atoms with Gasteiger partial charge in [-0.25, -0.2) is 8.42 Å². The van der Waals surface area contributed by atoms with Gasteiger partial charge in [-0.05, 0) is 43.0 Å². The number of hydrogen-bond donors (Lipinski definition) is 0. The van der Waals surface area contributed by atoms with Gasteiger partial charge in [0.15, 0.2) is 0 Å². The molecule has 3 rings (SSSR count). The summed E-state index contributed by atoms with van der Waals surface area (Å²) in [6.07, 6.45) is 2.18. The highest BCUT2D eigenvalue weighted by Crippen LogP contribution is 2.21. The Morgan fingerprint density at radius 3 is 2.42 bits per heavy atom. The fourth-order valence-electron chi connectivity index (χ4n) is 3.26. The molecule has 1 unspecified atom stereocenters. The molecule has 1 amide bonds. The van der Waals surface area contributed by atoms with Crippen LogP contribution in [0.3, 0.4) is 0 Å². The number of piperidine rings is 1. The zero-order valence-electron chi connectivity index (χ0n) is 14.0. The van der Waals surface area contributed by atoms with E-state index in [4.69, 9.17) is 4.74 Å². The van der Waals surface area contributed by atoms with Crippen LogP contribution >= 0.6 is 0 Å². The third-order valence-corrected chi connectivity index (χ3v) is 6.57. The Hall–Kier alpha value is -1.44. The Morgan fingerprint density at radius 2 is 1.79 bits per heavy atom. The Kier molecular flexibility index (Phi) is 5.22. The molecule has 1 atom stereocenters. The Morgan fingerprint density at radius 1 is 1.12 bits per heavy atom. The number of hydrogen-bond acceptors (Lipinski definition) is 4. The molecule has 0 N–H and O–H groups in total. The second-order valence-electron chi connectivity index (χ2n) is 6.54. The normalized spacial score (nSPS) is 23.2. The SMILES string of the molecule is CC1CCCN(C(=O)c2ccc(S(=O)(=O)N3CCOCC3)cc2)C1. The van der Waals surface area contributed by atoms with Crippen LogP contribution in [0.1, 0.15) is 30.1 Å². The first-order valence-electron chi connectivity index (χ1n) is 8.46. The van der Waals surface area contributed by atoms with Gasteiger partial charge in [0.1, 0.15) is 0 Å². The summed E-state index contributed by atoms with van der Waals surface area (Å²) in [7, 11) is -3.51. The van der Waals surface area contributed by atoms with Gasteiger partial charge in [0.2, 0.25) is 10.0 Å². The second kappa shape index (κ2) is 7.21. The van der Waals surface area contributed by atoms with E-state index in [0.717, 1.165) is 25.9 Å². The quantitative estimate of drug-likeness (QED) is 0.828. The minimum absolute atomic E-state index is 0.0168. The molecule has 24 heavy (non-hydrogen) atoms. The first-order chi connectivity index (χ1) is 11.5. The lowest BCUT2D eigenvalue weighted by molar-refractivity contribution is 0.0683. The maximum Gasteiger partial charge on any atom is 0.253 e. The van der Waals surface area contributed by atoms with Crippen LogP contribution < -0.4 is 0 Å². The van der Waals surface area contributed by atoms with Crippen LogP contribution in [-0.2, 0) is 14.8 Å². The van der Waals surface area contributed by atoms with Crippen molar-refractivity contribution in [2.24, 2.45) is 5.92 Å². The lowest BCUT2D eigenvalue weighted by atomic mass is 9.99. The first-order valence-corrected chi connectivity index (χ1v) is 9.90. The maximum atomic E-state index is 12.6. The number of nitrogens with zero attached hydrogens (tertiary/aromatic N) is 2. The average molecular weight is 352 g/mol. The van der Waals surface area contributed by atoms with E-state index in [-0.39, 0.29) is 10.8 Å². The number of likely N-dealkylation sites (tertiary alicyclic amines) is 1. The molecule has 7 heteroatoms. The molecule has 6 nitrogen and oxygen atoms in total. The van der Waals surface area contributed by atoms with E-state index in [1.807, 2.05) is 4.90 Å². The van der Waals surface area contributed by atoms with Crippen LogP contribution in [0, 0.1) is 5.92 Å². The number of sulfonamides is 1. The number of amides is 1. The highest BCUT2D eigenvalue weighted by Gasteiger charge is 2.27. The van der Waals surface area contributed by atoms with Crippen molar-refractivity contribution in [2.75, 3.05) is 39.4 Å². The molecule has 2 aliphatic heterocycles. The number of ether oxygens (including phenoxy) is 1. The monoisotopic (exact) mass is 352 g/mol. The summed E-state index contributed by atoms with van der Waals surface area (Å²) in [5.41, 5.74) is 0.546. The predicted octanol–water partition coefficient (Wildman–Crippen LogP) is 1.58. The summed E-state index contributed by atoms with van der Waals surface area (Å²) in [5, 5.41) is 0. The van der Waals surface area contributed by atoms with Crippen molar-refractivity contribution < 1.29 is 17.9 Å². The predicted molar refractivity (Wildman–Crippen MR) is 90.3 cm³/mol. The van der Waals surface area contributed by atoms with Gasteiger partial charge < -0.3 is 9.64 Å². The minimum Gasteiger partial charge on any atom is -0.379 e. The summed E-state index contributed by atoms with van der Waals surface area (Å²) in [4.78, 5) is 14.6. The molecule has 2 fully saturated rings. The van der Waals surface area contributed by atoms with Gasteiger partial charge in [-0.2, -0.15) is 4.31 Å². The third kappa shape index (κ3) is 3.63. The molecule has 0 saturated carbocycles. The number of rotatable bonds is 3. The van der Waals surface area contributed by atoms with Gasteiger partial charge in [-0.3, -0.25) is 4.79 Å². The molecule has 0 aliphatic carbocycles. The molecule has 2 heterocycles. The molecular formula is C17H24N2O4S. The van der Waals surface area contributed by atoms with Crippen molar-refractivity contribution in [2.45, 2.75) is 24.7 Å². The summed E-state index contributed by atoms with van der Waals surface area (Å²) in [5.74, 6) is 0.501. The van der Waals surface area contributed by atoms with E-state index in [1.165, 1.54) is 16.4 Å². The summed E-state index contributed by atoms with van der Waals surface area (Å²) < 4.78 is 31.8. The van der Waals surface area contributed by atoms with Gasteiger partial charge in [0.05, 0.1) is 18.1 Å². The van der Waals surface area contributed by atoms with E-state index >= 15 is 0 Å². The second-order valence-corrected chi connectivity index (χ2v) is 8.48. The van der Waals surface area contributed by atoms with Crippen molar-refractivity contribution in [1.29, 1.82) is 0 Å². The van der Waals surface area contributed by atoms with Crippen LogP contribution in [0.2, 0.25) is 0 Å².